The van der Waals surface area contributed by atoms with Crippen LogP contribution in [0.4, 0.5) is 5.69 Å². The first-order valence-electron chi connectivity index (χ1n) is 4.97. The van der Waals surface area contributed by atoms with E-state index in [-0.39, 0.29) is 5.97 Å². The zero-order valence-electron chi connectivity index (χ0n) is 9.23. The molecule has 0 aliphatic carbocycles. The van der Waals surface area contributed by atoms with Gasteiger partial charge in [0.15, 0.2) is 0 Å². The van der Waals surface area contributed by atoms with E-state index in [9.17, 15) is 4.79 Å². The van der Waals surface area contributed by atoms with Crippen LogP contribution in [0.25, 0.3) is 0 Å². The van der Waals surface area contributed by atoms with Gasteiger partial charge in [0.05, 0.1) is 6.61 Å². The van der Waals surface area contributed by atoms with Crippen LogP contribution in [0.3, 0.4) is 0 Å². The maximum Gasteiger partial charge on any atom is 0.334 e. The van der Waals surface area contributed by atoms with E-state index in [1.807, 2.05) is 24.3 Å². The summed E-state index contributed by atoms with van der Waals surface area (Å²) in [6, 6.07) is 7.53. The molecule has 0 saturated heterocycles. The molecule has 0 atom stereocenters. The van der Waals surface area contributed by atoms with Crippen LogP contribution in [-0.4, -0.2) is 18.3 Å². The van der Waals surface area contributed by atoms with Crippen LogP contribution in [0.15, 0.2) is 41.3 Å². The largest absolute Gasteiger partial charge is 0.463 e. The molecule has 1 rings (SSSR count). The van der Waals surface area contributed by atoms with Gasteiger partial charge in [0.2, 0.25) is 0 Å². The van der Waals surface area contributed by atoms with E-state index >= 15 is 0 Å². The SMILES string of the molecule is C=C(CSc1ccccc1N)C(=O)OCC. The molecule has 0 radical (unpaired) electrons. The summed E-state index contributed by atoms with van der Waals surface area (Å²) in [5.41, 5.74) is 6.94. The average Bonchev–Trinajstić information content (AvgIpc) is 2.28. The van der Waals surface area contributed by atoms with Crippen molar-refractivity contribution in [1.29, 1.82) is 0 Å². The third-order valence-corrected chi connectivity index (χ3v) is 3.06. The molecule has 0 fully saturated rings. The van der Waals surface area contributed by atoms with E-state index in [0.717, 1.165) is 4.90 Å². The Balaban J connectivity index is 2.49. The predicted molar refractivity (Wildman–Crippen MR) is 67.4 cm³/mol. The zero-order chi connectivity index (χ0) is 12.0. The van der Waals surface area contributed by atoms with Crippen molar-refractivity contribution in [2.75, 3.05) is 18.1 Å². The number of carbonyl (C=O) groups is 1. The summed E-state index contributed by atoms with van der Waals surface area (Å²) in [4.78, 5) is 12.2. The van der Waals surface area contributed by atoms with Crippen LogP contribution >= 0.6 is 11.8 Å². The Morgan fingerprint density at radius 3 is 2.81 bits per heavy atom. The molecule has 0 spiro atoms. The highest BCUT2D eigenvalue weighted by Gasteiger charge is 2.08. The van der Waals surface area contributed by atoms with Gasteiger partial charge in [-0.05, 0) is 19.1 Å². The second kappa shape index (κ2) is 6.23. The molecule has 0 amide bonds. The number of esters is 1. The molecule has 0 aliphatic rings. The minimum atomic E-state index is -0.343. The van der Waals surface area contributed by atoms with Gasteiger partial charge in [-0.1, -0.05) is 18.7 Å². The molecule has 0 saturated carbocycles. The molecular weight excluding hydrogens is 222 g/mol. The fourth-order valence-corrected chi connectivity index (χ4v) is 1.93. The molecule has 0 aliphatic heterocycles. The third kappa shape index (κ3) is 3.62. The van der Waals surface area contributed by atoms with E-state index in [2.05, 4.69) is 6.58 Å². The van der Waals surface area contributed by atoms with Gasteiger partial charge >= 0.3 is 5.97 Å². The second-order valence-electron chi connectivity index (χ2n) is 3.15. The number of thioether (sulfide) groups is 1. The van der Waals surface area contributed by atoms with Crippen molar-refractivity contribution in [3.8, 4) is 0 Å². The Morgan fingerprint density at radius 2 is 2.19 bits per heavy atom. The van der Waals surface area contributed by atoms with Crippen molar-refractivity contribution in [1.82, 2.24) is 0 Å². The number of ether oxygens (including phenoxy) is 1. The first kappa shape index (κ1) is 12.6. The van der Waals surface area contributed by atoms with Crippen molar-refractivity contribution in [2.24, 2.45) is 0 Å². The highest BCUT2D eigenvalue weighted by atomic mass is 32.2. The van der Waals surface area contributed by atoms with Crippen molar-refractivity contribution < 1.29 is 9.53 Å². The molecule has 1 aromatic carbocycles. The first-order chi connectivity index (χ1) is 7.65. The lowest BCUT2D eigenvalue weighted by atomic mass is 10.3. The number of anilines is 1. The van der Waals surface area contributed by atoms with Crippen LogP contribution in [0.5, 0.6) is 0 Å². The Kier molecular flexibility index (Phi) is 4.92. The summed E-state index contributed by atoms with van der Waals surface area (Å²) < 4.78 is 4.84. The van der Waals surface area contributed by atoms with E-state index in [4.69, 9.17) is 10.5 Å². The number of hydrogen-bond donors (Lipinski definition) is 1. The van der Waals surface area contributed by atoms with E-state index < -0.39 is 0 Å². The number of carbonyl (C=O) groups excluding carboxylic acids is 1. The molecule has 16 heavy (non-hydrogen) atoms. The third-order valence-electron chi connectivity index (χ3n) is 1.89. The topological polar surface area (TPSA) is 52.3 Å². The zero-order valence-corrected chi connectivity index (χ0v) is 10.0. The van der Waals surface area contributed by atoms with E-state index in [0.29, 0.717) is 23.6 Å². The minimum Gasteiger partial charge on any atom is -0.463 e. The van der Waals surface area contributed by atoms with E-state index in [1.165, 1.54) is 11.8 Å². The standard InChI is InChI=1S/C12H15NO2S/c1-3-15-12(14)9(2)8-16-11-7-5-4-6-10(11)13/h4-7H,2-3,8,13H2,1H3. The summed E-state index contributed by atoms with van der Waals surface area (Å²) in [6.45, 7) is 5.82. The van der Waals surface area contributed by atoms with Gasteiger partial charge in [-0.2, -0.15) is 0 Å². The molecule has 0 bridgehead atoms. The van der Waals surface area contributed by atoms with Gasteiger partial charge in [0, 0.05) is 21.9 Å². The lowest BCUT2D eigenvalue weighted by molar-refractivity contribution is -0.138. The number of nitrogen functional groups attached to an aromatic ring is 1. The van der Waals surface area contributed by atoms with Crippen molar-refractivity contribution in [3.05, 3.63) is 36.4 Å². The fourth-order valence-electron chi connectivity index (χ4n) is 1.07. The van der Waals surface area contributed by atoms with Gasteiger partial charge in [-0.15, -0.1) is 11.8 Å². The highest BCUT2D eigenvalue weighted by Crippen LogP contribution is 2.25. The summed E-state index contributed by atoms with van der Waals surface area (Å²) in [5, 5.41) is 0. The van der Waals surface area contributed by atoms with Crippen LogP contribution in [0, 0.1) is 0 Å². The Labute approximate surface area is 99.7 Å². The first-order valence-corrected chi connectivity index (χ1v) is 5.96. The average molecular weight is 237 g/mol. The number of rotatable bonds is 5. The molecule has 0 aromatic heterocycles. The normalized spacial score (nSPS) is 9.81. The summed E-state index contributed by atoms with van der Waals surface area (Å²) in [6.07, 6.45) is 0. The number of hydrogen-bond acceptors (Lipinski definition) is 4. The van der Waals surface area contributed by atoms with Crippen molar-refractivity contribution in [3.63, 3.8) is 0 Å². The summed E-state index contributed by atoms with van der Waals surface area (Å²) in [5.74, 6) is 0.150. The Bertz CT molecular complexity index is 390. The molecule has 0 heterocycles. The number of para-hydroxylation sites is 1. The monoisotopic (exact) mass is 237 g/mol. The predicted octanol–water partition coefficient (Wildman–Crippen LogP) is 2.48. The molecular formula is C12H15NO2S. The minimum absolute atomic E-state index is 0.343. The maximum absolute atomic E-state index is 11.3. The smallest absolute Gasteiger partial charge is 0.334 e. The quantitative estimate of drug-likeness (QED) is 0.370. The number of benzene rings is 1. The van der Waals surface area contributed by atoms with E-state index in [1.54, 1.807) is 6.92 Å². The van der Waals surface area contributed by atoms with Crippen LogP contribution in [0.2, 0.25) is 0 Å². The molecule has 86 valence electrons. The van der Waals surface area contributed by atoms with Gasteiger partial charge in [0.1, 0.15) is 0 Å². The maximum atomic E-state index is 11.3. The van der Waals surface area contributed by atoms with Gasteiger partial charge in [-0.3, -0.25) is 0 Å². The van der Waals surface area contributed by atoms with Crippen LogP contribution < -0.4 is 5.73 Å². The summed E-state index contributed by atoms with van der Waals surface area (Å²) >= 11 is 1.48. The van der Waals surface area contributed by atoms with Crippen LogP contribution in [-0.2, 0) is 9.53 Å². The Hall–Kier alpha value is -1.42. The van der Waals surface area contributed by atoms with Gasteiger partial charge in [0.25, 0.3) is 0 Å². The number of nitrogens with two attached hydrogens (primary N) is 1. The molecule has 0 unspecified atom stereocenters. The molecule has 1 aromatic rings. The second-order valence-corrected chi connectivity index (χ2v) is 4.17. The lowest BCUT2D eigenvalue weighted by Crippen LogP contribution is -2.08. The highest BCUT2D eigenvalue weighted by molar-refractivity contribution is 7.99. The molecule has 2 N–H and O–H groups in total. The Morgan fingerprint density at radius 1 is 1.50 bits per heavy atom. The summed E-state index contributed by atoms with van der Waals surface area (Å²) in [7, 11) is 0. The fraction of sp³-hybridized carbons (Fsp3) is 0.250. The molecule has 3 nitrogen and oxygen atoms in total. The van der Waals surface area contributed by atoms with Crippen molar-refractivity contribution >= 4 is 23.4 Å². The van der Waals surface area contributed by atoms with Gasteiger partial charge in [-0.25, -0.2) is 4.79 Å². The van der Waals surface area contributed by atoms with Crippen LogP contribution in [0.1, 0.15) is 6.92 Å². The lowest BCUT2D eigenvalue weighted by Gasteiger charge is -2.06. The van der Waals surface area contributed by atoms with Crippen molar-refractivity contribution in [2.45, 2.75) is 11.8 Å². The molecule has 4 heteroatoms. The van der Waals surface area contributed by atoms with Gasteiger partial charge < -0.3 is 10.5 Å².